The summed E-state index contributed by atoms with van der Waals surface area (Å²) in [4.78, 5) is 0. The molecular formula is C8H18N2O3S. The number of hydrogen-bond donors (Lipinski definition) is 1. The van der Waals surface area contributed by atoms with E-state index in [1.54, 1.807) is 0 Å². The Morgan fingerprint density at radius 2 is 1.86 bits per heavy atom. The van der Waals surface area contributed by atoms with Crippen molar-refractivity contribution in [1.82, 2.24) is 4.31 Å². The highest BCUT2D eigenvalue weighted by Gasteiger charge is 2.25. The van der Waals surface area contributed by atoms with Crippen LogP contribution in [0, 0.1) is 0 Å². The Morgan fingerprint density at radius 1 is 1.36 bits per heavy atom. The third kappa shape index (κ3) is 3.53. The van der Waals surface area contributed by atoms with Gasteiger partial charge in [0, 0.05) is 13.1 Å². The molecule has 0 aliphatic carbocycles. The molecule has 0 radical (unpaired) electrons. The molecule has 1 aliphatic rings. The van der Waals surface area contributed by atoms with Crippen molar-refractivity contribution in [1.29, 1.82) is 0 Å². The fourth-order valence-corrected chi connectivity index (χ4v) is 2.33. The van der Waals surface area contributed by atoms with E-state index in [4.69, 9.17) is 9.88 Å². The maximum Gasteiger partial charge on any atom is 0.276 e. The lowest BCUT2D eigenvalue weighted by molar-refractivity contribution is -0.0168. The molecule has 0 spiro atoms. The Kier molecular flexibility index (Phi) is 3.88. The fourth-order valence-electron chi connectivity index (χ4n) is 1.61. The minimum Gasteiger partial charge on any atom is -0.375 e. The van der Waals surface area contributed by atoms with Crippen molar-refractivity contribution < 1.29 is 13.2 Å². The molecule has 1 fully saturated rings. The molecule has 0 aromatic carbocycles. The predicted molar refractivity (Wildman–Crippen MR) is 53.9 cm³/mol. The van der Waals surface area contributed by atoms with Crippen LogP contribution in [0.25, 0.3) is 0 Å². The second kappa shape index (κ2) is 4.57. The SMILES string of the molecule is CC(C)OC1CCN(S(N)(=O)=O)CC1. The van der Waals surface area contributed by atoms with Gasteiger partial charge in [-0.2, -0.15) is 12.7 Å². The Bertz CT molecular complexity index is 268. The zero-order valence-electron chi connectivity index (χ0n) is 8.64. The lowest BCUT2D eigenvalue weighted by atomic mass is 10.1. The molecule has 2 N–H and O–H groups in total. The summed E-state index contributed by atoms with van der Waals surface area (Å²) in [6.45, 7) is 4.89. The number of piperidine rings is 1. The van der Waals surface area contributed by atoms with Crippen molar-refractivity contribution in [2.75, 3.05) is 13.1 Å². The molecule has 0 aromatic rings. The molecule has 1 aliphatic heterocycles. The van der Waals surface area contributed by atoms with Crippen LogP contribution in [0.1, 0.15) is 26.7 Å². The van der Waals surface area contributed by atoms with Crippen molar-refractivity contribution in [3.05, 3.63) is 0 Å². The lowest BCUT2D eigenvalue weighted by Gasteiger charge is -2.30. The molecular weight excluding hydrogens is 204 g/mol. The largest absolute Gasteiger partial charge is 0.375 e. The van der Waals surface area contributed by atoms with Crippen molar-refractivity contribution in [3.63, 3.8) is 0 Å². The number of nitrogens with two attached hydrogens (primary N) is 1. The minimum atomic E-state index is -3.50. The van der Waals surface area contributed by atoms with Gasteiger partial charge in [-0.05, 0) is 26.7 Å². The Balaban J connectivity index is 2.39. The standard InChI is InChI=1S/C8H18N2O3S/c1-7(2)13-8-3-5-10(6-4-8)14(9,11)12/h7-8H,3-6H2,1-2H3,(H2,9,11,12). The highest BCUT2D eigenvalue weighted by molar-refractivity contribution is 7.86. The van der Waals surface area contributed by atoms with E-state index < -0.39 is 10.2 Å². The maximum atomic E-state index is 11.0. The van der Waals surface area contributed by atoms with Gasteiger partial charge in [-0.25, -0.2) is 5.14 Å². The van der Waals surface area contributed by atoms with Crippen LogP contribution >= 0.6 is 0 Å². The summed E-state index contributed by atoms with van der Waals surface area (Å²) >= 11 is 0. The third-order valence-corrected chi connectivity index (χ3v) is 3.31. The Morgan fingerprint density at radius 3 is 2.21 bits per heavy atom. The molecule has 1 rings (SSSR count). The first-order valence-electron chi connectivity index (χ1n) is 4.83. The summed E-state index contributed by atoms with van der Waals surface area (Å²) in [5.74, 6) is 0. The number of ether oxygens (including phenoxy) is 1. The lowest BCUT2D eigenvalue weighted by Crippen LogP contribution is -2.44. The van der Waals surface area contributed by atoms with Crippen LogP contribution < -0.4 is 5.14 Å². The molecule has 0 unspecified atom stereocenters. The van der Waals surface area contributed by atoms with E-state index in [0.717, 1.165) is 12.8 Å². The van der Waals surface area contributed by atoms with E-state index in [1.165, 1.54) is 4.31 Å². The molecule has 0 amide bonds. The van der Waals surface area contributed by atoms with Gasteiger partial charge >= 0.3 is 0 Å². The zero-order chi connectivity index (χ0) is 10.8. The smallest absolute Gasteiger partial charge is 0.276 e. The van der Waals surface area contributed by atoms with Crippen LogP contribution in [-0.4, -0.2) is 38.0 Å². The van der Waals surface area contributed by atoms with Crippen molar-refractivity contribution in [2.24, 2.45) is 5.14 Å². The number of hydrogen-bond acceptors (Lipinski definition) is 3. The van der Waals surface area contributed by atoms with E-state index >= 15 is 0 Å². The van der Waals surface area contributed by atoms with Crippen LogP contribution in [0.2, 0.25) is 0 Å². The van der Waals surface area contributed by atoms with E-state index in [9.17, 15) is 8.42 Å². The van der Waals surface area contributed by atoms with Crippen LogP contribution in [-0.2, 0) is 14.9 Å². The molecule has 0 aromatic heterocycles. The minimum absolute atomic E-state index is 0.174. The highest BCUT2D eigenvalue weighted by atomic mass is 32.2. The normalized spacial score (nSPS) is 21.7. The summed E-state index contributed by atoms with van der Waals surface area (Å²) in [6.07, 6.45) is 1.83. The topological polar surface area (TPSA) is 72.6 Å². The van der Waals surface area contributed by atoms with E-state index in [-0.39, 0.29) is 12.2 Å². The molecule has 84 valence electrons. The first kappa shape index (κ1) is 11.9. The number of nitrogens with zero attached hydrogens (tertiary/aromatic N) is 1. The fraction of sp³-hybridized carbons (Fsp3) is 1.00. The van der Waals surface area contributed by atoms with Crippen LogP contribution in [0.15, 0.2) is 0 Å². The second-order valence-corrected chi connectivity index (χ2v) is 5.37. The van der Waals surface area contributed by atoms with Crippen LogP contribution in [0.4, 0.5) is 0 Å². The Labute approximate surface area is 85.4 Å². The summed E-state index contributed by atoms with van der Waals surface area (Å²) in [7, 11) is -3.50. The predicted octanol–water partition coefficient (Wildman–Crippen LogP) is 0.0793. The second-order valence-electron chi connectivity index (χ2n) is 3.83. The van der Waals surface area contributed by atoms with Gasteiger partial charge in [-0.1, -0.05) is 0 Å². The molecule has 1 heterocycles. The van der Waals surface area contributed by atoms with Gasteiger partial charge in [0.1, 0.15) is 0 Å². The Hall–Kier alpha value is -0.170. The average Bonchev–Trinajstić information content (AvgIpc) is 2.02. The zero-order valence-corrected chi connectivity index (χ0v) is 9.46. The van der Waals surface area contributed by atoms with Gasteiger partial charge in [0.25, 0.3) is 10.2 Å². The highest BCUT2D eigenvalue weighted by Crippen LogP contribution is 2.16. The van der Waals surface area contributed by atoms with Crippen LogP contribution in [0.3, 0.4) is 0 Å². The molecule has 0 saturated carbocycles. The summed E-state index contributed by atoms with van der Waals surface area (Å²) in [6, 6.07) is 0. The van der Waals surface area contributed by atoms with Gasteiger partial charge in [0.05, 0.1) is 12.2 Å². The molecule has 6 heteroatoms. The molecule has 0 atom stereocenters. The number of rotatable bonds is 3. The molecule has 5 nitrogen and oxygen atoms in total. The maximum absolute atomic E-state index is 11.0. The molecule has 1 saturated heterocycles. The van der Waals surface area contributed by atoms with E-state index in [1.807, 2.05) is 13.8 Å². The van der Waals surface area contributed by atoms with Crippen molar-refractivity contribution in [3.8, 4) is 0 Å². The first-order valence-corrected chi connectivity index (χ1v) is 6.33. The monoisotopic (exact) mass is 222 g/mol. The van der Waals surface area contributed by atoms with Crippen molar-refractivity contribution in [2.45, 2.75) is 38.9 Å². The van der Waals surface area contributed by atoms with Gasteiger partial charge < -0.3 is 4.74 Å². The summed E-state index contributed by atoms with van der Waals surface area (Å²) in [5, 5.41) is 5.01. The first-order chi connectivity index (χ1) is 6.39. The average molecular weight is 222 g/mol. The third-order valence-electron chi connectivity index (χ3n) is 2.23. The van der Waals surface area contributed by atoms with E-state index in [0.29, 0.717) is 13.1 Å². The summed E-state index contributed by atoms with van der Waals surface area (Å²) < 4.78 is 28.8. The molecule has 0 bridgehead atoms. The van der Waals surface area contributed by atoms with Crippen molar-refractivity contribution >= 4 is 10.2 Å². The van der Waals surface area contributed by atoms with Crippen LogP contribution in [0.5, 0.6) is 0 Å². The van der Waals surface area contributed by atoms with Gasteiger partial charge in [-0.3, -0.25) is 0 Å². The van der Waals surface area contributed by atoms with E-state index in [2.05, 4.69) is 0 Å². The van der Waals surface area contributed by atoms with Gasteiger partial charge in [-0.15, -0.1) is 0 Å². The van der Waals surface area contributed by atoms with Gasteiger partial charge in [0.15, 0.2) is 0 Å². The molecule has 14 heavy (non-hydrogen) atoms. The summed E-state index contributed by atoms with van der Waals surface area (Å²) in [5.41, 5.74) is 0. The quantitative estimate of drug-likeness (QED) is 0.735. The van der Waals surface area contributed by atoms with Gasteiger partial charge in [0.2, 0.25) is 0 Å².